The number of aliphatic hydroxyl groups excluding tert-OH is 1. The fraction of sp³-hybridized carbons (Fsp3) is 0.923. The molecular weight excluding hydrogens is 392 g/mol. The van der Waals surface area contributed by atoms with Gasteiger partial charge in [-0.15, -0.1) is 0 Å². The van der Waals surface area contributed by atoms with Crippen LogP contribution in [0.15, 0.2) is 0 Å². The van der Waals surface area contributed by atoms with Gasteiger partial charge in [-0.05, 0) is 65.7 Å². The highest BCUT2D eigenvalue weighted by molar-refractivity contribution is 5.84. The van der Waals surface area contributed by atoms with E-state index in [2.05, 4.69) is 27.7 Å². The van der Waals surface area contributed by atoms with Gasteiger partial charge in [0.25, 0.3) is 0 Å². The van der Waals surface area contributed by atoms with Crippen molar-refractivity contribution in [3.8, 4) is 0 Å². The molecule has 1 N–H and O–H groups in total. The lowest BCUT2D eigenvalue weighted by Crippen LogP contribution is -2.31. The summed E-state index contributed by atoms with van der Waals surface area (Å²) < 4.78 is 11.3. The highest BCUT2D eigenvalue weighted by atomic mass is 16.5. The van der Waals surface area contributed by atoms with Gasteiger partial charge < -0.3 is 14.6 Å². The van der Waals surface area contributed by atoms with Crippen molar-refractivity contribution in [1.29, 1.82) is 0 Å². The predicted octanol–water partition coefficient (Wildman–Crippen LogP) is 6.00. The molecule has 0 radical (unpaired) electrons. The van der Waals surface area contributed by atoms with Gasteiger partial charge in [0.15, 0.2) is 0 Å². The van der Waals surface area contributed by atoms with Gasteiger partial charge in [0.05, 0.1) is 24.4 Å². The van der Waals surface area contributed by atoms with Crippen molar-refractivity contribution in [2.45, 2.75) is 136 Å². The Hall–Kier alpha value is -0.940. The van der Waals surface area contributed by atoms with E-state index in [1.807, 2.05) is 6.92 Å². The summed E-state index contributed by atoms with van der Waals surface area (Å²) in [6.45, 7) is 10.6. The average molecular weight is 441 g/mol. The Morgan fingerprint density at radius 3 is 2.35 bits per heavy atom. The molecule has 1 unspecified atom stereocenters. The number of carbonyl (C=O) groups is 2. The molecule has 0 aromatic rings. The molecule has 0 spiro atoms. The summed E-state index contributed by atoms with van der Waals surface area (Å²) in [6, 6.07) is 0. The zero-order valence-corrected chi connectivity index (χ0v) is 20.8. The zero-order chi connectivity index (χ0) is 23.3. The molecule has 1 aliphatic carbocycles. The van der Waals surface area contributed by atoms with Crippen LogP contribution < -0.4 is 0 Å². The lowest BCUT2D eigenvalue weighted by atomic mass is 9.85. The summed E-state index contributed by atoms with van der Waals surface area (Å²) >= 11 is 0. The van der Waals surface area contributed by atoms with E-state index in [4.69, 9.17) is 9.47 Å². The molecule has 0 heterocycles. The van der Waals surface area contributed by atoms with Crippen molar-refractivity contribution in [1.82, 2.24) is 0 Å². The third-order valence-electron chi connectivity index (χ3n) is 6.23. The second-order valence-corrected chi connectivity index (χ2v) is 10.2. The van der Waals surface area contributed by atoms with E-state index in [0.29, 0.717) is 25.2 Å². The minimum Gasteiger partial charge on any atom is -0.466 e. The molecule has 0 aliphatic heterocycles. The molecule has 0 bridgehead atoms. The monoisotopic (exact) mass is 440 g/mol. The molecule has 1 rings (SSSR count). The van der Waals surface area contributed by atoms with Crippen molar-refractivity contribution in [3.05, 3.63) is 0 Å². The topological polar surface area (TPSA) is 72.8 Å². The molecule has 1 saturated carbocycles. The third kappa shape index (κ3) is 12.0. The van der Waals surface area contributed by atoms with Crippen LogP contribution in [0, 0.1) is 11.8 Å². The highest BCUT2D eigenvalue weighted by Crippen LogP contribution is 2.40. The van der Waals surface area contributed by atoms with Crippen molar-refractivity contribution >= 4 is 11.8 Å². The van der Waals surface area contributed by atoms with Gasteiger partial charge in [-0.3, -0.25) is 9.59 Å². The van der Waals surface area contributed by atoms with Gasteiger partial charge in [-0.1, -0.05) is 45.4 Å². The maximum Gasteiger partial charge on any atom is 0.305 e. The normalized spacial score (nSPS) is 22.6. The van der Waals surface area contributed by atoms with Gasteiger partial charge in [0.1, 0.15) is 5.78 Å². The Labute approximate surface area is 190 Å². The summed E-state index contributed by atoms with van der Waals surface area (Å²) in [4.78, 5) is 24.2. The van der Waals surface area contributed by atoms with Gasteiger partial charge in [0.2, 0.25) is 0 Å². The Bertz CT molecular complexity index is 510. The summed E-state index contributed by atoms with van der Waals surface area (Å²) in [5.74, 6) is 0.559. The Morgan fingerprint density at radius 1 is 1.03 bits per heavy atom. The third-order valence-corrected chi connectivity index (χ3v) is 6.23. The minimum absolute atomic E-state index is 0.00546. The number of rotatable bonds is 16. The molecule has 1 aliphatic rings. The second kappa shape index (κ2) is 15.0. The Balaban J connectivity index is 2.51. The summed E-state index contributed by atoms with van der Waals surface area (Å²) in [5, 5.41) is 10.2. The number of carbonyl (C=O) groups excluding carboxylic acids is 2. The summed E-state index contributed by atoms with van der Waals surface area (Å²) in [5.41, 5.74) is -0.258. The summed E-state index contributed by atoms with van der Waals surface area (Å²) in [7, 11) is 0. The lowest BCUT2D eigenvalue weighted by Gasteiger charge is -2.30. The molecular formula is C26H48O5. The Kier molecular flexibility index (Phi) is 13.6. The van der Waals surface area contributed by atoms with E-state index in [-0.39, 0.29) is 35.6 Å². The standard InChI is InChI=1S/C26H48O5/c1-6-8-14-20(27)15-13-17-22-21(23(28)19-24(22)31-26(3,4)5)16-11-9-10-12-18-25(29)30-7-2/h20-22,24,27H,6-19H2,1-5H3/t20?,21-,22-,24-/m1/s1. The first-order chi connectivity index (χ1) is 14.7. The highest BCUT2D eigenvalue weighted by Gasteiger charge is 2.43. The van der Waals surface area contributed by atoms with Crippen molar-refractivity contribution < 1.29 is 24.2 Å². The fourth-order valence-electron chi connectivity index (χ4n) is 4.74. The Morgan fingerprint density at radius 2 is 1.71 bits per heavy atom. The van der Waals surface area contributed by atoms with Gasteiger partial charge in [-0.2, -0.15) is 0 Å². The first-order valence-electron chi connectivity index (χ1n) is 12.7. The molecule has 1 fully saturated rings. The maximum atomic E-state index is 12.8. The number of ether oxygens (including phenoxy) is 2. The molecule has 31 heavy (non-hydrogen) atoms. The molecule has 0 aromatic heterocycles. The molecule has 0 saturated heterocycles. The minimum atomic E-state index is -0.258. The van der Waals surface area contributed by atoms with Crippen molar-refractivity contribution in [2.24, 2.45) is 11.8 Å². The first kappa shape index (κ1) is 28.1. The van der Waals surface area contributed by atoms with Gasteiger partial charge in [-0.25, -0.2) is 0 Å². The van der Waals surface area contributed by atoms with E-state index in [1.165, 1.54) is 0 Å². The first-order valence-corrected chi connectivity index (χ1v) is 12.7. The lowest BCUT2D eigenvalue weighted by molar-refractivity contribution is -0.143. The van der Waals surface area contributed by atoms with Crippen molar-refractivity contribution in [3.63, 3.8) is 0 Å². The van der Waals surface area contributed by atoms with Crippen LogP contribution in [0.25, 0.3) is 0 Å². The van der Waals surface area contributed by atoms with Crippen LogP contribution in [-0.4, -0.2) is 41.3 Å². The largest absolute Gasteiger partial charge is 0.466 e. The van der Waals surface area contributed by atoms with Crippen LogP contribution in [0.3, 0.4) is 0 Å². The fourth-order valence-corrected chi connectivity index (χ4v) is 4.74. The van der Waals surface area contributed by atoms with Gasteiger partial charge >= 0.3 is 5.97 Å². The zero-order valence-electron chi connectivity index (χ0n) is 20.8. The van der Waals surface area contributed by atoms with Crippen LogP contribution in [0.4, 0.5) is 0 Å². The van der Waals surface area contributed by atoms with Crippen LogP contribution in [-0.2, 0) is 19.1 Å². The SMILES string of the molecule is CCCCC(O)CCC[C@H]1[C@H](OC(C)(C)C)CC(=O)[C@@H]1CCCCCCC(=O)OCC. The molecule has 5 heteroatoms. The van der Waals surface area contributed by atoms with Crippen LogP contribution in [0.2, 0.25) is 0 Å². The van der Waals surface area contributed by atoms with E-state index in [0.717, 1.165) is 70.6 Å². The number of aliphatic hydroxyl groups is 1. The van der Waals surface area contributed by atoms with Gasteiger partial charge in [0, 0.05) is 18.8 Å². The molecule has 0 aromatic carbocycles. The number of hydrogen-bond donors (Lipinski definition) is 1. The van der Waals surface area contributed by atoms with Crippen LogP contribution in [0.5, 0.6) is 0 Å². The number of unbranched alkanes of at least 4 members (excludes halogenated alkanes) is 4. The smallest absolute Gasteiger partial charge is 0.305 e. The van der Waals surface area contributed by atoms with E-state index in [1.54, 1.807) is 0 Å². The van der Waals surface area contributed by atoms with E-state index in [9.17, 15) is 14.7 Å². The van der Waals surface area contributed by atoms with Crippen LogP contribution >= 0.6 is 0 Å². The summed E-state index contributed by atoms with van der Waals surface area (Å²) in [6.07, 6.45) is 11.3. The number of hydrogen-bond acceptors (Lipinski definition) is 5. The van der Waals surface area contributed by atoms with Crippen molar-refractivity contribution in [2.75, 3.05) is 6.61 Å². The molecule has 0 amide bonds. The molecule has 182 valence electrons. The second-order valence-electron chi connectivity index (χ2n) is 10.2. The van der Waals surface area contributed by atoms with E-state index < -0.39 is 0 Å². The molecule has 4 atom stereocenters. The molecule has 5 nitrogen and oxygen atoms in total. The number of esters is 1. The number of ketones is 1. The quantitative estimate of drug-likeness (QED) is 0.235. The maximum absolute atomic E-state index is 12.8. The van der Waals surface area contributed by atoms with E-state index >= 15 is 0 Å². The average Bonchev–Trinajstić information content (AvgIpc) is 2.95. The van der Waals surface area contributed by atoms with Crippen LogP contribution in [0.1, 0.15) is 118 Å². The predicted molar refractivity (Wildman–Crippen MR) is 125 cm³/mol. The number of Topliss-reactive ketones (excluding diaryl/α,β-unsaturated/α-hetero) is 1.